The van der Waals surface area contributed by atoms with Gasteiger partial charge in [-0.1, -0.05) is 35.1 Å². The fraction of sp³-hybridized carbons (Fsp3) is 0.158. The van der Waals surface area contributed by atoms with Gasteiger partial charge in [-0.15, -0.1) is 10.2 Å². The number of aromatic nitrogens is 2. The van der Waals surface area contributed by atoms with Gasteiger partial charge in [0.1, 0.15) is 10.8 Å². The van der Waals surface area contributed by atoms with Crippen LogP contribution < -0.4 is 10.2 Å². The Morgan fingerprint density at radius 2 is 1.93 bits per heavy atom. The van der Waals surface area contributed by atoms with E-state index in [1.54, 1.807) is 35.2 Å². The van der Waals surface area contributed by atoms with Crippen LogP contribution in [0.15, 0.2) is 48.5 Å². The van der Waals surface area contributed by atoms with Crippen molar-refractivity contribution in [3.8, 4) is 0 Å². The first-order chi connectivity index (χ1) is 13.5. The number of hydrogen-bond acceptors (Lipinski definition) is 5. The highest BCUT2D eigenvalue weighted by Crippen LogP contribution is 2.34. The summed E-state index contributed by atoms with van der Waals surface area (Å²) in [5, 5.41) is 12.1. The monoisotopic (exact) mass is 416 g/mol. The molecule has 0 saturated carbocycles. The Kier molecular flexibility index (Phi) is 5.06. The quantitative estimate of drug-likeness (QED) is 0.694. The summed E-state index contributed by atoms with van der Waals surface area (Å²) in [5.74, 6) is -1.34. The number of benzene rings is 2. The number of anilines is 2. The van der Waals surface area contributed by atoms with Crippen molar-refractivity contribution in [2.45, 2.75) is 12.3 Å². The minimum Gasteiger partial charge on any atom is -0.312 e. The SMILES string of the molecule is O=C(Nc1nnc([C@@H]2CC(=O)N(c3ccc(Cl)cc3)C2)s1)c1ccccc1F. The molecule has 1 aromatic heterocycles. The molecule has 1 N–H and O–H groups in total. The van der Waals surface area contributed by atoms with Crippen molar-refractivity contribution in [2.24, 2.45) is 0 Å². The van der Waals surface area contributed by atoms with Gasteiger partial charge in [-0.25, -0.2) is 4.39 Å². The van der Waals surface area contributed by atoms with Crippen molar-refractivity contribution in [1.29, 1.82) is 0 Å². The highest BCUT2D eigenvalue weighted by atomic mass is 35.5. The number of nitrogens with one attached hydrogen (secondary N) is 1. The summed E-state index contributed by atoms with van der Waals surface area (Å²) in [6, 6.07) is 12.8. The maximum Gasteiger partial charge on any atom is 0.260 e. The molecule has 142 valence electrons. The van der Waals surface area contributed by atoms with Gasteiger partial charge in [0, 0.05) is 29.6 Å². The first-order valence-electron chi connectivity index (χ1n) is 8.46. The second kappa shape index (κ2) is 7.65. The minimum atomic E-state index is -0.607. The average Bonchev–Trinajstić information content (AvgIpc) is 3.29. The number of halogens is 2. The van der Waals surface area contributed by atoms with Crippen LogP contribution in [0.25, 0.3) is 0 Å². The van der Waals surface area contributed by atoms with Crippen LogP contribution in [0.3, 0.4) is 0 Å². The van der Waals surface area contributed by atoms with Crippen LogP contribution in [0.1, 0.15) is 27.7 Å². The van der Waals surface area contributed by atoms with E-state index in [1.807, 2.05) is 0 Å². The van der Waals surface area contributed by atoms with E-state index in [9.17, 15) is 14.0 Å². The molecule has 4 rings (SSSR count). The Labute approximate surface area is 169 Å². The fourth-order valence-electron chi connectivity index (χ4n) is 3.00. The maximum absolute atomic E-state index is 13.7. The van der Waals surface area contributed by atoms with Crippen molar-refractivity contribution < 1.29 is 14.0 Å². The lowest BCUT2D eigenvalue weighted by Crippen LogP contribution is -2.24. The summed E-state index contributed by atoms with van der Waals surface area (Å²) < 4.78 is 13.7. The number of carbonyl (C=O) groups excluding carboxylic acids is 2. The van der Waals surface area contributed by atoms with Gasteiger partial charge in [0.15, 0.2) is 0 Å². The Bertz CT molecular complexity index is 1040. The smallest absolute Gasteiger partial charge is 0.260 e. The molecule has 28 heavy (non-hydrogen) atoms. The number of hydrogen-bond donors (Lipinski definition) is 1. The number of rotatable bonds is 4. The van der Waals surface area contributed by atoms with Crippen molar-refractivity contribution in [2.75, 3.05) is 16.8 Å². The van der Waals surface area contributed by atoms with Crippen LogP contribution in [0, 0.1) is 5.82 Å². The van der Waals surface area contributed by atoms with Crippen molar-refractivity contribution >= 4 is 45.6 Å². The summed E-state index contributed by atoms with van der Waals surface area (Å²) in [7, 11) is 0. The molecule has 1 atom stereocenters. The third kappa shape index (κ3) is 3.74. The molecule has 1 fully saturated rings. The van der Waals surface area contributed by atoms with Crippen molar-refractivity contribution in [3.63, 3.8) is 0 Å². The fourth-order valence-corrected chi connectivity index (χ4v) is 3.96. The molecule has 2 heterocycles. The molecule has 1 aliphatic heterocycles. The predicted molar refractivity (Wildman–Crippen MR) is 105 cm³/mol. The molecule has 2 aromatic carbocycles. The van der Waals surface area contributed by atoms with Gasteiger partial charge in [0.2, 0.25) is 11.0 Å². The van der Waals surface area contributed by atoms with Gasteiger partial charge in [-0.2, -0.15) is 0 Å². The Hall–Kier alpha value is -2.84. The first kappa shape index (κ1) is 18.5. The number of amides is 2. The molecule has 0 aliphatic carbocycles. The maximum atomic E-state index is 13.7. The van der Waals surface area contributed by atoms with Crippen LogP contribution >= 0.6 is 22.9 Å². The van der Waals surface area contributed by atoms with E-state index < -0.39 is 11.7 Å². The van der Waals surface area contributed by atoms with E-state index in [0.717, 1.165) is 5.69 Å². The molecule has 2 amide bonds. The van der Waals surface area contributed by atoms with E-state index in [1.165, 1.54) is 29.5 Å². The molecular formula is C19H14ClFN4O2S. The van der Waals surface area contributed by atoms with Crippen LogP contribution in [-0.4, -0.2) is 28.6 Å². The number of carbonyl (C=O) groups is 2. The summed E-state index contributed by atoms with van der Waals surface area (Å²) in [6.45, 7) is 0.469. The van der Waals surface area contributed by atoms with Crippen LogP contribution in [0.4, 0.5) is 15.2 Å². The lowest BCUT2D eigenvalue weighted by molar-refractivity contribution is -0.117. The van der Waals surface area contributed by atoms with Crippen molar-refractivity contribution in [1.82, 2.24) is 10.2 Å². The molecule has 6 nitrogen and oxygen atoms in total. The molecule has 9 heteroatoms. The highest BCUT2D eigenvalue weighted by molar-refractivity contribution is 7.15. The lowest BCUT2D eigenvalue weighted by Gasteiger charge is -2.16. The summed E-state index contributed by atoms with van der Waals surface area (Å²) >= 11 is 7.08. The minimum absolute atomic E-state index is 0.0144. The summed E-state index contributed by atoms with van der Waals surface area (Å²) in [4.78, 5) is 26.3. The lowest BCUT2D eigenvalue weighted by atomic mass is 10.1. The third-order valence-electron chi connectivity index (χ3n) is 4.39. The van der Waals surface area contributed by atoms with E-state index in [0.29, 0.717) is 23.0 Å². The molecule has 0 spiro atoms. The van der Waals surface area contributed by atoms with Gasteiger partial charge in [0.25, 0.3) is 5.91 Å². The van der Waals surface area contributed by atoms with Crippen molar-refractivity contribution in [3.05, 3.63) is 69.9 Å². The van der Waals surface area contributed by atoms with E-state index >= 15 is 0 Å². The zero-order valence-electron chi connectivity index (χ0n) is 14.4. The third-order valence-corrected chi connectivity index (χ3v) is 5.65. The normalized spacial score (nSPS) is 16.4. The molecule has 0 unspecified atom stereocenters. The zero-order chi connectivity index (χ0) is 19.7. The van der Waals surface area contributed by atoms with Gasteiger partial charge in [-0.3, -0.25) is 14.9 Å². The van der Waals surface area contributed by atoms with Gasteiger partial charge < -0.3 is 4.90 Å². The zero-order valence-corrected chi connectivity index (χ0v) is 16.0. The van der Waals surface area contributed by atoms with Crippen LogP contribution in [0.2, 0.25) is 5.02 Å². The van der Waals surface area contributed by atoms with E-state index in [4.69, 9.17) is 11.6 Å². The predicted octanol–water partition coefficient (Wildman–Crippen LogP) is 4.10. The van der Waals surface area contributed by atoms with E-state index in [-0.39, 0.29) is 22.5 Å². The standard InChI is InChI=1S/C19H14ClFN4O2S/c20-12-5-7-13(8-6-12)25-10-11(9-16(25)26)18-23-24-19(28-18)22-17(27)14-3-1-2-4-15(14)21/h1-8,11H,9-10H2,(H,22,24,27)/t11-/m1/s1. The summed E-state index contributed by atoms with van der Waals surface area (Å²) in [5.41, 5.74) is 0.707. The van der Waals surface area contributed by atoms with Gasteiger partial charge in [-0.05, 0) is 36.4 Å². The molecule has 1 saturated heterocycles. The topological polar surface area (TPSA) is 75.2 Å². The highest BCUT2D eigenvalue weighted by Gasteiger charge is 2.34. The Morgan fingerprint density at radius 1 is 1.18 bits per heavy atom. The largest absolute Gasteiger partial charge is 0.312 e. The number of nitrogens with zero attached hydrogens (tertiary/aromatic N) is 3. The van der Waals surface area contributed by atoms with Crippen LogP contribution in [-0.2, 0) is 4.79 Å². The van der Waals surface area contributed by atoms with E-state index in [2.05, 4.69) is 15.5 Å². The second-order valence-corrected chi connectivity index (χ2v) is 7.71. The molecule has 0 radical (unpaired) electrons. The molecule has 3 aromatic rings. The second-order valence-electron chi connectivity index (χ2n) is 6.26. The average molecular weight is 417 g/mol. The first-order valence-corrected chi connectivity index (χ1v) is 9.66. The van der Waals surface area contributed by atoms with Gasteiger partial charge in [0.05, 0.1) is 5.56 Å². The summed E-state index contributed by atoms with van der Waals surface area (Å²) in [6.07, 6.45) is 0.304. The van der Waals surface area contributed by atoms with Crippen LogP contribution in [0.5, 0.6) is 0 Å². The Balaban J connectivity index is 1.46. The Morgan fingerprint density at radius 3 is 2.68 bits per heavy atom. The molecule has 0 bridgehead atoms. The molecule has 1 aliphatic rings. The van der Waals surface area contributed by atoms with Gasteiger partial charge >= 0.3 is 0 Å². The molecular weight excluding hydrogens is 403 g/mol.